The maximum absolute atomic E-state index is 9.23. The Morgan fingerprint density at radius 3 is 3.00 bits per heavy atom. The van der Waals surface area contributed by atoms with Crippen LogP contribution in [0.3, 0.4) is 0 Å². The molecule has 1 heterocycles. The zero-order valence-corrected chi connectivity index (χ0v) is 7.58. The van der Waals surface area contributed by atoms with E-state index in [1.165, 1.54) is 0 Å². The van der Waals surface area contributed by atoms with Crippen LogP contribution in [0.2, 0.25) is 0 Å². The summed E-state index contributed by atoms with van der Waals surface area (Å²) in [5.74, 6) is 0. The molecule has 0 saturated heterocycles. The van der Waals surface area contributed by atoms with Gasteiger partial charge in [0.05, 0.1) is 0 Å². The van der Waals surface area contributed by atoms with E-state index in [-0.39, 0.29) is 28.1 Å². The van der Waals surface area contributed by atoms with Crippen molar-refractivity contribution in [1.29, 1.82) is 0 Å². The molecule has 4 heteroatoms. The fourth-order valence-corrected chi connectivity index (χ4v) is 2.30. The van der Waals surface area contributed by atoms with Crippen molar-refractivity contribution in [3.05, 3.63) is 21.9 Å². The molecule has 0 spiro atoms. The molecule has 10 heavy (non-hydrogen) atoms. The number of nitrogens with one attached hydrogen (secondary N) is 1. The summed E-state index contributed by atoms with van der Waals surface area (Å²) in [6, 6.07) is 0. The van der Waals surface area contributed by atoms with Crippen molar-refractivity contribution < 1.29 is 35.1 Å². The first-order valence-electron chi connectivity index (χ1n) is 3.01. The fourth-order valence-electron chi connectivity index (χ4n) is 0.694. The molecule has 0 amide bonds. The molecule has 1 unspecified atom stereocenters. The standard InChI is InChI=1S/C6H10INO2/c9-5-3-6-2-1-4-7-8(6)10/h1-2,4,8-10H,3,5H2. The Labute approximate surface area is 70.2 Å². The molecule has 1 aliphatic rings. The van der Waals surface area contributed by atoms with E-state index < -0.39 is 0 Å². The summed E-state index contributed by atoms with van der Waals surface area (Å²) < 4.78 is 2.49. The van der Waals surface area contributed by atoms with Crippen LogP contribution >= 0.6 is 0 Å². The molecule has 0 aromatic carbocycles. The third-order valence-corrected chi connectivity index (χ3v) is 3.24. The molecule has 1 atom stereocenters. The van der Waals surface area contributed by atoms with Gasteiger partial charge in [-0.15, -0.1) is 0 Å². The Bertz CT molecular complexity index is 167. The fraction of sp³-hybridized carbons (Fsp3) is 0.333. The summed E-state index contributed by atoms with van der Waals surface area (Å²) in [5, 5.41) is 17.8. The van der Waals surface area contributed by atoms with E-state index >= 15 is 0 Å². The van der Waals surface area contributed by atoms with Crippen molar-refractivity contribution in [2.75, 3.05) is 6.61 Å². The summed E-state index contributed by atoms with van der Waals surface area (Å²) in [4.78, 5) is 0. The quantitative estimate of drug-likeness (QED) is 0.348. The van der Waals surface area contributed by atoms with Crippen molar-refractivity contribution >= 4 is 0 Å². The summed E-state index contributed by atoms with van der Waals surface area (Å²) >= 11 is -0.288. The van der Waals surface area contributed by atoms with Gasteiger partial charge in [0.25, 0.3) is 0 Å². The van der Waals surface area contributed by atoms with E-state index in [0.29, 0.717) is 9.70 Å². The maximum atomic E-state index is 9.23. The van der Waals surface area contributed by atoms with Crippen molar-refractivity contribution in [3.63, 3.8) is 0 Å². The average Bonchev–Trinajstić information content (AvgIpc) is 1.94. The number of aliphatic hydroxyl groups excluding tert-OH is 1. The van der Waals surface area contributed by atoms with Crippen molar-refractivity contribution in [3.8, 4) is 0 Å². The van der Waals surface area contributed by atoms with Gasteiger partial charge in [0.2, 0.25) is 0 Å². The molecule has 3 nitrogen and oxygen atoms in total. The Kier molecular flexibility index (Phi) is 3.33. The monoisotopic (exact) mass is 255 g/mol. The van der Waals surface area contributed by atoms with E-state index in [0.717, 1.165) is 5.70 Å². The van der Waals surface area contributed by atoms with Crippen LogP contribution in [-0.2, 0) is 0 Å². The van der Waals surface area contributed by atoms with Gasteiger partial charge in [-0.1, -0.05) is 0 Å². The number of rotatable bonds is 2. The molecular weight excluding hydrogens is 245 g/mol. The van der Waals surface area contributed by atoms with Gasteiger partial charge in [-0.25, -0.2) is 0 Å². The predicted octanol–water partition coefficient (Wildman–Crippen LogP) is -3.94. The first-order chi connectivity index (χ1) is 4.84. The molecule has 0 saturated carbocycles. The summed E-state index contributed by atoms with van der Waals surface area (Å²) in [6.07, 6.45) is 4.38. The molecule has 3 N–H and O–H groups in total. The second-order valence-electron chi connectivity index (χ2n) is 1.88. The van der Waals surface area contributed by atoms with Crippen LogP contribution in [0.5, 0.6) is 0 Å². The van der Waals surface area contributed by atoms with Crippen molar-refractivity contribution in [2.24, 2.45) is 0 Å². The van der Waals surface area contributed by atoms with E-state index in [1.807, 2.05) is 16.2 Å². The Morgan fingerprint density at radius 1 is 1.60 bits per heavy atom. The Hall–Kier alpha value is 0.0900. The van der Waals surface area contributed by atoms with Gasteiger partial charge in [0.15, 0.2) is 0 Å². The van der Waals surface area contributed by atoms with Crippen LogP contribution in [-0.4, -0.2) is 16.9 Å². The second kappa shape index (κ2) is 4.07. The Balaban J connectivity index is 2.52. The number of hydrogen-bond donors (Lipinski definition) is 3. The first kappa shape index (κ1) is 8.19. The molecule has 0 aromatic heterocycles. The molecule has 0 bridgehead atoms. The van der Waals surface area contributed by atoms with Gasteiger partial charge in [-0.2, -0.15) is 0 Å². The summed E-state index contributed by atoms with van der Waals surface area (Å²) in [6.45, 7) is 0.119. The van der Waals surface area contributed by atoms with E-state index in [4.69, 9.17) is 5.11 Å². The van der Waals surface area contributed by atoms with Gasteiger partial charge < -0.3 is 0 Å². The molecule has 0 radical (unpaired) electrons. The van der Waals surface area contributed by atoms with Gasteiger partial charge in [0, 0.05) is 0 Å². The SMILES string of the molecule is OCCC1=CC=C[I-][NH+]1O. The van der Waals surface area contributed by atoms with Crippen LogP contribution in [0, 0.1) is 0 Å². The molecule has 58 valence electrons. The first-order valence-corrected chi connectivity index (χ1v) is 5.33. The van der Waals surface area contributed by atoms with Gasteiger partial charge in [-0.3, -0.25) is 0 Å². The van der Waals surface area contributed by atoms with Crippen LogP contribution in [0.4, 0.5) is 0 Å². The minimum absolute atomic E-state index is 0.119. The van der Waals surface area contributed by atoms with Gasteiger partial charge in [0.1, 0.15) is 0 Å². The zero-order chi connectivity index (χ0) is 7.40. The van der Waals surface area contributed by atoms with E-state index in [1.54, 1.807) is 0 Å². The molecule has 1 aliphatic heterocycles. The van der Waals surface area contributed by atoms with Crippen LogP contribution in [0.15, 0.2) is 21.9 Å². The third kappa shape index (κ3) is 2.05. The van der Waals surface area contributed by atoms with E-state index in [2.05, 4.69) is 0 Å². The van der Waals surface area contributed by atoms with Crippen LogP contribution in [0.25, 0.3) is 0 Å². The topological polar surface area (TPSA) is 44.9 Å². The number of hydrogen-bond acceptors (Lipinski definition) is 2. The van der Waals surface area contributed by atoms with Crippen LogP contribution in [0.1, 0.15) is 6.42 Å². The number of allylic oxidation sites excluding steroid dienone is 2. The number of aliphatic hydroxyl groups is 1. The predicted molar refractivity (Wildman–Crippen MR) is 31.7 cm³/mol. The zero-order valence-electron chi connectivity index (χ0n) is 5.42. The molecule has 0 aliphatic carbocycles. The van der Waals surface area contributed by atoms with Crippen molar-refractivity contribution in [1.82, 2.24) is 0 Å². The molecule has 1 rings (SSSR count). The van der Waals surface area contributed by atoms with Crippen molar-refractivity contribution in [2.45, 2.75) is 6.42 Å². The van der Waals surface area contributed by atoms with Gasteiger partial charge in [-0.05, 0) is 0 Å². The molecule has 0 fully saturated rings. The number of quaternary nitrogens is 1. The second-order valence-corrected chi connectivity index (χ2v) is 4.25. The number of hydroxylamine groups is 1. The summed E-state index contributed by atoms with van der Waals surface area (Å²) in [7, 11) is 0. The molecular formula is C6H10INO2. The normalized spacial score (nSPS) is 25.4. The third-order valence-electron chi connectivity index (χ3n) is 1.18. The Morgan fingerprint density at radius 2 is 2.40 bits per heavy atom. The summed E-state index contributed by atoms with van der Waals surface area (Å²) in [5.41, 5.74) is 0.901. The van der Waals surface area contributed by atoms with E-state index in [9.17, 15) is 5.21 Å². The average molecular weight is 255 g/mol. The number of halogens is 1. The van der Waals surface area contributed by atoms with Gasteiger partial charge >= 0.3 is 70.0 Å². The molecule has 0 aromatic rings. The minimum atomic E-state index is -0.288. The van der Waals surface area contributed by atoms with Crippen LogP contribution < -0.4 is 24.8 Å².